The summed E-state index contributed by atoms with van der Waals surface area (Å²) in [7, 11) is 0. The van der Waals surface area contributed by atoms with Crippen LogP contribution in [0.15, 0.2) is 48.5 Å². The van der Waals surface area contributed by atoms with Crippen molar-refractivity contribution in [3.8, 4) is 11.5 Å². The van der Waals surface area contributed by atoms with Gasteiger partial charge in [-0.1, -0.05) is 12.1 Å². The molecule has 1 aliphatic rings. The molecule has 0 saturated carbocycles. The number of nitro benzene ring substituents is 2. The van der Waals surface area contributed by atoms with Crippen molar-refractivity contribution in [2.24, 2.45) is 0 Å². The Hall–Kier alpha value is -3.32. The minimum atomic E-state index is -1.25. The average Bonchev–Trinajstić information content (AvgIpc) is 3.11. The molecule has 2 aromatic rings. The van der Waals surface area contributed by atoms with E-state index in [-0.39, 0.29) is 36.1 Å². The van der Waals surface area contributed by atoms with Crippen molar-refractivity contribution < 1.29 is 39.0 Å². The standard InChI is InChI=1S/C21H24N2O10/c1-21(2)32-19(17(24)11-30-15-7-3-5-13(9-15)22(26)27)20(33-21)18(25)12-31-16-8-4-6-14(10-16)23(28)29/h3-10,17-20,24-25H,11-12H2,1-2H3/t17-,18-,19-,20-/m1/s1. The second-order valence-electron chi connectivity index (χ2n) is 7.83. The number of hydrogen-bond acceptors (Lipinski definition) is 10. The smallest absolute Gasteiger partial charge is 0.273 e. The van der Waals surface area contributed by atoms with Gasteiger partial charge in [-0.25, -0.2) is 0 Å². The maximum absolute atomic E-state index is 10.9. The number of hydrogen-bond donors (Lipinski definition) is 2. The third-order valence-electron chi connectivity index (χ3n) is 4.82. The van der Waals surface area contributed by atoms with Crippen LogP contribution >= 0.6 is 0 Å². The molecule has 1 heterocycles. The van der Waals surface area contributed by atoms with E-state index >= 15 is 0 Å². The fourth-order valence-corrected chi connectivity index (χ4v) is 3.34. The zero-order valence-corrected chi connectivity index (χ0v) is 17.9. The highest BCUT2D eigenvalue weighted by Gasteiger charge is 2.48. The van der Waals surface area contributed by atoms with Gasteiger partial charge in [-0.05, 0) is 26.0 Å². The first-order valence-corrected chi connectivity index (χ1v) is 10.0. The number of aliphatic hydroxyl groups excluding tert-OH is 2. The Morgan fingerprint density at radius 2 is 1.27 bits per heavy atom. The molecule has 0 bridgehead atoms. The first kappa shape index (κ1) is 24.3. The fourth-order valence-electron chi connectivity index (χ4n) is 3.34. The molecule has 1 fully saturated rings. The van der Waals surface area contributed by atoms with Gasteiger partial charge in [0.05, 0.1) is 22.0 Å². The van der Waals surface area contributed by atoms with Gasteiger partial charge < -0.3 is 29.2 Å². The van der Waals surface area contributed by atoms with Crippen LogP contribution in [0.25, 0.3) is 0 Å². The summed E-state index contributed by atoms with van der Waals surface area (Å²) in [5.41, 5.74) is -0.315. The lowest BCUT2D eigenvalue weighted by atomic mass is 10.0. The van der Waals surface area contributed by atoms with Gasteiger partial charge in [-0.3, -0.25) is 20.2 Å². The van der Waals surface area contributed by atoms with E-state index in [0.717, 1.165) is 0 Å². The SMILES string of the molecule is CC1(C)O[C@H]([C@H](O)COc2cccc([N+](=O)[O-])c2)[C@@H]([C@H](O)COc2cccc([N+](=O)[O-])c2)O1. The van der Waals surface area contributed by atoms with Gasteiger partial charge in [0.1, 0.15) is 49.1 Å². The molecule has 12 heteroatoms. The summed E-state index contributed by atoms with van der Waals surface area (Å²) in [6, 6.07) is 11.0. The zero-order chi connectivity index (χ0) is 24.2. The Morgan fingerprint density at radius 3 is 1.64 bits per heavy atom. The summed E-state index contributed by atoms with van der Waals surface area (Å²) < 4.78 is 22.4. The quantitative estimate of drug-likeness (QED) is 0.393. The third-order valence-corrected chi connectivity index (χ3v) is 4.82. The summed E-state index contributed by atoms with van der Waals surface area (Å²) in [5.74, 6) is -0.742. The summed E-state index contributed by atoms with van der Waals surface area (Å²) in [6.45, 7) is 2.67. The Kier molecular flexibility index (Phi) is 7.43. The van der Waals surface area contributed by atoms with Crippen molar-refractivity contribution in [3.05, 3.63) is 68.8 Å². The van der Waals surface area contributed by atoms with Gasteiger partial charge in [0.15, 0.2) is 5.79 Å². The highest BCUT2D eigenvalue weighted by Crippen LogP contribution is 2.32. The number of nitro groups is 2. The molecule has 0 amide bonds. The molecule has 0 spiro atoms. The van der Waals surface area contributed by atoms with Gasteiger partial charge in [0.2, 0.25) is 0 Å². The highest BCUT2D eigenvalue weighted by molar-refractivity contribution is 5.38. The molecule has 4 atom stereocenters. The molecule has 0 aromatic heterocycles. The Labute approximate surface area is 188 Å². The van der Waals surface area contributed by atoms with Crippen LogP contribution in [0.3, 0.4) is 0 Å². The molecule has 12 nitrogen and oxygen atoms in total. The monoisotopic (exact) mass is 464 g/mol. The second-order valence-corrected chi connectivity index (χ2v) is 7.83. The average molecular weight is 464 g/mol. The predicted molar refractivity (Wildman–Crippen MR) is 113 cm³/mol. The van der Waals surface area contributed by atoms with Crippen LogP contribution in [0.1, 0.15) is 13.8 Å². The predicted octanol–water partition coefficient (Wildman–Crippen LogP) is 2.20. The molecule has 1 saturated heterocycles. The van der Waals surface area contributed by atoms with Crippen molar-refractivity contribution in [1.29, 1.82) is 0 Å². The van der Waals surface area contributed by atoms with Crippen molar-refractivity contribution in [3.63, 3.8) is 0 Å². The van der Waals surface area contributed by atoms with Crippen LogP contribution in [-0.4, -0.2) is 63.5 Å². The van der Waals surface area contributed by atoms with E-state index in [1.165, 1.54) is 48.5 Å². The van der Waals surface area contributed by atoms with E-state index in [4.69, 9.17) is 18.9 Å². The summed E-state index contributed by atoms with van der Waals surface area (Å²) >= 11 is 0. The summed E-state index contributed by atoms with van der Waals surface area (Å²) in [4.78, 5) is 20.7. The van der Waals surface area contributed by atoms with Gasteiger partial charge >= 0.3 is 0 Å². The molecule has 178 valence electrons. The molecule has 2 N–H and O–H groups in total. The summed E-state index contributed by atoms with van der Waals surface area (Å²) in [5, 5.41) is 43.1. The van der Waals surface area contributed by atoms with Gasteiger partial charge in [0.25, 0.3) is 11.4 Å². The second kappa shape index (κ2) is 10.1. The number of nitrogens with zero attached hydrogens (tertiary/aromatic N) is 2. The van der Waals surface area contributed by atoms with Crippen molar-refractivity contribution in [2.45, 2.75) is 44.1 Å². The number of ether oxygens (including phenoxy) is 4. The van der Waals surface area contributed by atoms with E-state index in [1.54, 1.807) is 13.8 Å². The van der Waals surface area contributed by atoms with Crippen LogP contribution in [0.2, 0.25) is 0 Å². The van der Waals surface area contributed by atoms with Gasteiger partial charge in [-0.15, -0.1) is 0 Å². The maximum Gasteiger partial charge on any atom is 0.273 e. The minimum absolute atomic E-state index is 0.157. The largest absolute Gasteiger partial charge is 0.491 e. The Morgan fingerprint density at radius 1 is 0.879 bits per heavy atom. The van der Waals surface area contributed by atoms with Crippen LogP contribution in [0.4, 0.5) is 11.4 Å². The topological polar surface area (TPSA) is 164 Å². The van der Waals surface area contributed by atoms with Crippen LogP contribution in [0, 0.1) is 20.2 Å². The van der Waals surface area contributed by atoms with Crippen molar-refractivity contribution >= 4 is 11.4 Å². The number of non-ortho nitro benzene ring substituents is 2. The Balaban J connectivity index is 1.63. The number of benzene rings is 2. The van der Waals surface area contributed by atoms with Gasteiger partial charge in [0, 0.05) is 12.1 Å². The van der Waals surface area contributed by atoms with Crippen molar-refractivity contribution in [1.82, 2.24) is 0 Å². The van der Waals surface area contributed by atoms with Gasteiger partial charge in [-0.2, -0.15) is 0 Å². The number of aliphatic hydroxyl groups is 2. The molecular weight excluding hydrogens is 440 g/mol. The minimum Gasteiger partial charge on any atom is -0.491 e. The van der Waals surface area contributed by atoms with E-state index in [1.807, 2.05) is 0 Å². The first-order chi connectivity index (χ1) is 15.6. The zero-order valence-electron chi connectivity index (χ0n) is 17.9. The van der Waals surface area contributed by atoms with E-state index in [2.05, 4.69) is 0 Å². The van der Waals surface area contributed by atoms with Crippen LogP contribution < -0.4 is 9.47 Å². The lowest BCUT2D eigenvalue weighted by molar-refractivity contribution is -0.385. The van der Waals surface area contributed by atoms with Crippen molar-refractivity contribution in [2.75, 3.05) is 13.2 Å². The molecule has 33 heavy (non-hydrogen) atoms. The Bertz CT molecular complexity index is 921. The molecule has 0 aliphatic carbocycles. The van der Waals surface area contributed by atoms with Crippen LogP contribution in [-0.2, 0) is 9.47 Å². The maximum atomic E-state index is 10.9. The molecular formula is C21H24N2O10. The summed E-state index contributed by atoms with van der Waals surface area (Å²) in [6.07, 6.45) is -4.49. The first-order valence-electron chi connectivity index (χ1n) is 10.0. The van der Waals surface area contributed by atoms with Crippen LogP contribution in [0.5, 0.6) is 11.5 Å². The van der Waals surface area contributed by atoms with E-state index < -0.39 is 40.0 Å². The molecule has 2 aromatic carbocycles. The lowest BCUT2D eigenvalue weighted by Crippen LogP contribution is -2.46. The fraction of sp³-hybridized carbons (Fsp3) is 0.429. The molecule has 3 rings (SSSR count). The van der Waals surface area contributed by atoms with E-state index in [0.29, 0.717) is 0 Å². The highest BCUT2D eigenvalue weighted by atomic mass is 16.8. The molecule has 0 radical (unpaired) electrons. The molecule has 0 unspecified atom stereocenters. The normalized spacial score (nSPS) is 21.2. The number of rotatable bonds is 10. The third kappa shape index (κ3) is 6.35. The van der Waals surface area contributed by atoms with E-state index in [9.17, 15) is 30.4 Å². The molecule has 1 aliphatic heterocycles. The lowest BCUT2D eigenvalue weighted by Gasteiger charge is -2.25.